The van der Waals surface area contributed by atoms with Crippen molar-refractivity contribution in [2.45, 2.75) is 177 Å². The van der Waals surface area contributed by atoms with Gasteiger partial charge in [-0.25, -0.2) is 45.1 Å². The van der Waals surface area contributed by atoms with E-state index in [1.54, 1.807) is 69.1 Å². The third-order valence-corrected chi connectivity index (χ3v) is 35.5. The van der Waals surface area contributed by atoms with Gasteiger partial charge in [-0.05, 0) is 0 Å². The summed E-state index contributed by atoms with van der Waals surface area (Å²) in [5.41, 5.74) is 0. The molecule has 0 unspecified atom stereocenters. The van der Waals surface area contributed by atoms with E-state index in [1.165, 1.54) is 75.5 Å². The van der Waals surface area contributed by atoms with E-state index in [2.05, 4.69) is 101 Å². The standard InChI is InChI=1S/4C11H17Si.2ClH.2Zr/c4*1-2-8-12(9-5-10-12)11-6-3-4-7-11;;;;/h4*3,6H,2,4-5,8-10H2,1H3;2*1H;;/q4*-1;;;2*+2/p-2. The van der Waals surface area contributed by atoms with Crippen LogP contribution in [0.4, 0.5) is 0 Å². The Hall–Kier alpha value is 1.13. The van der Waals surface area contributed by atoms with Gasteiger partial charge in [0.15, 0.2) is 0 Å². The molecule has 0 aromatic heterocycles. The number of hydrogen-bond acceptors (Lipinski definition) is 0. The molecule has 0 nitrogen and oxygen atoms in total. The van der Waals surface area contributed by atoms with Crippen molar-refractivity contribution in [3.8, 4) is 0 Å². The SMILES string of the molecule is CCC[Si]1(C2=[C-]CC=C2)CCC1.CCC[Si]1(C2=[C-]CC=C2)CCC1.CCC[Si]1(C2=[C-]CC=C2)CCC1.CCC[Si]1(C2=[C-]CC=C2)CCC1.[Cl-].[Cl-].[Zr+2].[Zr+2]. The Bertz CT molecular complexity index is 1110. The molecule has 52 heavy (non-hydrogen) atoms. The molecule has 4 saturated heterocycles. The van der Waals surface area contributed by atoms with Crippen molar-refractivity contribution in [3.05, 3.63) is 93.7 Å². The minimum absolute atomic E-state index is 0. The number of rotatable bonds is 12. The van der Waals surface area contributed by atoms with Crippen molar-refractivity contribution in [1.82, 2.24) is 0 Å². The summed E-state index contributed by atoms with van der Waals surface area (Å²) >= 11 is 0. The summed E-state index contributed by atoms with van der Waals surface area (Å²) in [4.78, 5) is 0. The molecule has 0 saturated carbocycles. The van der Waals surface area contributed by atoms with Crippen LogP contribution in [0.15, 0.2) is 69.4 Å². The predicted octanol–water partition coefficient (Wildman–Crippen LogP) is 7.91. The molecule has 0 amide bonds. The van der Waals surface area contributed by atoms with Crippen molar-refractivity contribution >= 4 is 32.3 Å². The maximum atomic E-state index is 3.55. The minimum atomic E-state index is -0.891. The van der Waals surface area contributed by atoms with Crippen molar-refractivity contribution in [2.24, 2.45) is 0 Å². The minimum Gasteiger partial charge on any atom is -1.00 e. The van der Waals surface area contributed by atoms with Crippen LogP contribution in [-0.4, -0.2) is 32.3 Å². The summed E-state index contributed by atoms with van der Waals surface area (Å²) < 4.78 is 0. The van der Waals surface area contributed by atoms with E-state index in [4.69, 9.17) is 0 Å². The summed E-state index contributed by atoms with van der Waals surface area (Å²) in [6, 6.07) is 18.4. The van der Waals surface area contributed by atoms with Crippen LogP contribution in [0.5, 0.6) is 0 Å². The maximum Gasteiger partial charge on any atom is 2.00 e. The van der Waals surface area contributed by atoms with E-state index in [0.29, 0.717) is 0 Å². The molecular formula is C44H68Cl2Si4Zr2-2. The van der Waals surface area contributed by atoms with Gasteiger partial charge in [0.1, 0.15) is 0 Å². The van der Waals surface area contributed by atoms with E-state index in [9.17, 15) is 0 Å². The first-order valence-corrected chi connectivity index (χ1v) is 31.1. The Labute approximate surface area is 376 Å². The van der Waals surface area contributed by atoms with E-state index in [0.717, 1.165) is 25.7 Å². The molecule has 4 aliphatic heterocycles. The summed E-state index contributed by atoms with van der Waals surface area (Å²) in [6.07, 6.45) is 48.6. The van der Waals surface area contributed by atoms with Gasteiger partial charge in [-0.3, -0.25) is 24.3 Å². The smallest absolute Gasteiger partial charge is 1.00 e. The molecule has 8 heteroatoms. The number of halogens is 2. The zero-order chi connectivity index (χ0) is 33.8. The molecule has 0 radical (unpaired) electrons. The van der Waals surface area contributed by atoms with Gasteiger partial charge in [-0.15, -0.1) is 25.7 Å². The Morgan fingerprint density at radius 3 is 0.673 bits per heavy atom. The van der Waals surface area contributed by atoms with Gasteiger partial charge in [-0.2, -0.15) is 24.3 Å². The second-order valence-corrected chi connectivity index (χ2v) is 34.7. The molecule has 0 spiro atoms. The van der Waals surface area contributed by atoms with Crippen molar-refractivity contribution in [1.29, 1.82) is 0 Å². The van der Waals surface area contributed by atoms with Gasteiger partial charge < -0.3 is 24.8 Å². The van der Waals surface area contributed by atoms with Crippen LogP contribution >= 0.6 is 0 Å². The molecule has 0 bridgehead atoms. The fourth-order valence-electron chi connectivity index (χ4n) is 10.0. The molecule has 8 aliphatic rings. The molecule has 8 rings (SSSR count). The molecule has 0 atom stereocenters. The van der Waals surface area contributed by atoms with Crippen molar-refractivity contribution < 1.29 is 77.2 Å². The van der Waals surface area contributed by atoms with Gasteiger partial charge in [0, 0.05) is 32.3 Å². The quantitative estimate of drug-likeness (QED) is 0.138. The predicted molar refractivity (Wildman–Crippen MR) is 222 cm³/mol. The van der Waals surface area contributed by atoms with Gasteiger partial charge in [0.2, 0.25) is 0 Å². The molecule has 4 fully saturated rings. The zero-order valence-electron chi connectivity index (χ0n) is 33.3. The van der Waals surface area contributed by atoms with E-state index >= 15 is 0 Å². The van der Waals surface area contributed by atoms with Gasteiger partial charge in [0.05, 0.1) is 0 Å². The van der Waals surface area contributed by atoms with Crippen LogP contribution in [-0.2, 0) is 52.4 Å². The molecule has 284 valence electrons. The molecule has 0 aromatic carbocycles. The third-order valence-electron chi connectivity index (χ3n) is 13.2. The summed E-state index contributed by atoms with van der Waals surface area (Å²) in [6.45, 7) is 9.30. The Morgan fingerprint density at radius 1 is 0.385 bits per heavy atom. The van der Waals surface area contributed by atoms with Gasteiger partial charge in [0.25, 0.3) is 0 Å². The van der Waals surface area contributed by atoms with Crippen LogP contribution in [0.2, 0.25) is 72.5 Å². The monoisotopic (exact) mass is 958 g/mol. The second kappa shape index (κ2) is 25.5. The van der Waals surface area contributed by atoms with E-state index < -0.39 is 32.3 Å². The average Bonchev–Trinajstić information content (AvgIpc) is 3.86. The first kappa shape index (κ1) is 51.2. The molecular weight excluding hydrogens is 894 g/mol. The molecule has 4 heterocycles. The Balaban J connectivity index is 0.000000338. The van der Waals surface area contributed by atoms with Crippen LogP contribution < -0.4 is 24.8 Å². The molecule has 0 N–H and O–H groups in total. The van der Waals surface area contributed by atoms with Crippen LogP contribution in [0.1, 0.15) is 105 Å². The van der Waals surface area contributed by atoms with Gasteiger partial charge >= 0.3 is 52.4 Å². The second-order valence-electron chi connectivity index (χ2n) is 16.3. The topological polar surface area (TPSA) is 0 Å². The van der Waals surface area contributed by atoms with Crippen molar-refractivity contribution in [2.75, 3.05) is 0 Å². The fourth-order valence-corrected chi connectivity index (χ4v) is 27.7. The van der Waals surface area contributed by atoms with Crippen LogP contribution in [0, 0.1) is 24.3 Å². The van der Waals surface area contributed by atoms with Gasteiger partial charge in [-0.1, -0.05) is 152 Å². The summed E-state index contributed by atoms with van der Waals surface area (Å²) in [7, 11) is -3.56. The van der Waals surface area contributed by atoms with E-state index in [1.807, 2.05) is 0 Å². The van der Waals surface area contributed by atoms with Crippen LogP contribution in [0.3, 0.4) is 0 Å². The maximum absolute atomic E-state index is 3.55. The normalized spacial score (nSPS) is 23.3. The molecule has 4 aliphatic carbocycles. The number of allylic oxidation sites excluding steroid dienone is 16. The molecule has 0 aromatic rings. The third kappa shape index (κ3) is 12.6. The zero-order valence-corrected chi connectivity index (χ0v) is 43.8. The number of hydrogen-bond donors (Lipinski definition) is 0. The first-order chi connectivity index (χ1) is 23.5. The summed E-state index contributed by atoms with van der Waals surface area (Å²) in [5.74, 6) is 0. The fraction of sp³-hybridized carbons (Fsp3) is 0.636. The Morgan fingerprint density at radius 2 is 0.577 bits per heavy atom. The first-order valence-electron chi connectivity index (χ1n) is 20.6. The Kier molecular flexibility index (Phi) is 25.1. The largest absolute Gasteiger partial charge is 2.00 e. The summed E-state index contributed by atoms with van der Waals surface area (Å²) in [5, 5.41) is 6.65. The van der Waals surface area contributed by atoms with Crippen molar-refractivity contribution in [3.63, 3.8) is 0 Å². The van der Waals surface area contributed by atoms with E-state index in [-0.39, 0.29) is 77.2 Å². The van der Waals surface area contributed by atoms with Crippen LogP contribution in [0.25, 0.3) is 0 Å². The average molecular weight is 963 g/mol.